The molecule has 1 N–H and O–H groups in total. The van der Waals surface area contributed by atoms with E-state index in [0.29, 0.717) is 25.3 Å². The highest BCUT2D eigenvalue weighted by atomic mass is 32.2. The Kier molecular flexibility index (Phi) is 4.24. The molecule has 20 heavy (non-hydrogen) atoms. The normalized spacial score (nSPS) is 18.6. The van der Waals surface area contributed by atoms with E-state index in [1.54, 1.807) is 13.1 Å². The largest absolute Gasteiger partial charge is 0.383 e. The van der Waals surface area contributed by atoms with Gasteiger partial charge in [0.25, 0.3) is 5.69 Å². The summed E-state index contributed by atoms with van der Waals surface area (Å²) in [6.07, 6.45) is 0. The molecule has 0 bridgehead atoms. The minimum Gasteiger partial charge on any atom is -0.383 e. The van der Waals surface area contributed by atoms with Crippen molar-refractivity contribution in [2.75, 3.05) is 37.0 Å². The lowest BCUT2D eigenvalue weighted by molar-refractivity contribution is -0.384. The third-order valence-corrected chi connectivity index (χ3v) is 4.98. The second kappa shape index (κ2) is 5.76. The molecule has 1 fully saturated rings. The maximum atomic E-state index is 11.4. The molecule has 110 valence electrons. The molecular formula is C12H17N3O4S. The van der Waals surface area contributed by atoms with Crippen molar-refractivity contribution in [2.45, 2.75) is 6.54 Å². The first kappa shape index (κ1) is 14.7. The quantitative estimate of drug-likeness (QED) is 0.655. The summed E-state index contributed by atoms with van der Waals surface area (Å²) >= 11 is 0. The maximum Gasteiger partial charge on any atom is 0.292 e. The van der Waals surface area contributed by atoms with Crippen LogP contribution in [0.15, 0.2) is 18.2 Å². The van der Waals surface area contributed by atoms with Crippen LogP contribution in [0, 0.1) is 10.1 Å². The van der Waals surface area contributed by atoms with Crippen molar-refractivity contribution in [3.8, 4) is 0 Å². The fourth-order valence-corrected chi connectivity index (χ4v) is 3.48. The zero-order valence-electron chi connectivity index (χ0n) is 11.2. The number of rotatable bonds is 4. The van der Waals surface area contributed by atoms with Gasteiger partial charge in [-0.05, 0) is 11.6 Å². The zero-order chi connectivity index (χ0) is 14.8. The third-order valence-electron chi connectivity index (χ3n) is 3.37. The van der Waals surface area contributed by atoms with Gasteiger partial charge in [-0.1, -0.05) is 6.07 Å². The molecule has 2 rings (SSSR count). The fraction of sp³-hybridized carbons (Fsp3) is 0.500. The van der Waals surface area contributed by atoms with Crippen LogP contribution in [0.1, 0.15) is 5.56 Å². The predicted molar refractivity (Wildman–Crippen MR) is 76.6 cm³/mol. The zero-order valence-corrected chi connectivity index (χ0v) is 12.0. The van der Waals surface area contributed by atoms with E-state index in [4.69, 9.17) is 0 Å². The first-order valence-electron chi connectivity index (χ1n) is 6.29. The fourth-order valence-electron chi connectivity index (χ4n) is 2.20. The van der Waals surface area contributed by atoms with Gasteiger partial charge in [-0.15, -0.1) is 0 Å². The summed E-state index contributed by atoms with van der Waals surface area (Å²) in [6.45, 7) is 1.48. The van der Waals surface area contributed by atoms with E-state index in [9.17, 15) is 18.5 Å². The van der Waals surface area contributed by atoms with E-state index >= 15 is 0 Å². The predicted octanol–water partition coefficient (Wildman–Crippen LogP) is 0.867. The van der Waals surface area contributed by atoms with Crippen molar-refractivity contribution in [1.29, 1.82) is 0 Å². The Labute approximate surface area is 117 Å². The van der Waals surface area contributed by atoms with E-state index in [1.165, 1.54) is 6.07 Å². The number of nitrogens with zero attached hydrogens (tertiary/aromatic N) is 2. The summed E-state index contributed by atoms with van der Waals surface area (Å²) in [4.78, 5) is 12.6. The first-order chi connectivity index (χ1) is 9.41. The number of nitrogens with one attached hydrogen (secondary N) is 1. The Bertz CT molecular complexity index is 601. The van der Waals surface area contributed by atoms with Gasteiger partial charge < -0.3 is 5.32 Å². The van der Waals surface area contributed by atoms with Crippen molar-refractivity contribution >= 4 is 21.2 Å². The number of hydrogen-bond acceptors (Lipinski definition) is 6. The molecule has 1 aromatic carbocycles. The molecule has 8 heteroatoms. The number of sulfone groups is 1. The van der Waals surface area contributed by atoms with E-state index in [2.05, 4.69) is 5.32 Å². The van der Waals surface area contributed by atoms with Crippen LogP contribution in [0.2, 0.25) is 0 Å². The summed E-state index contributed by atoms with van der Waals surface area (Å²) < 4.78 is 22.7. The highest BCUT2D eigenvalue weighted by Crippen LogP contribution is 2.25. The monoisotopic (exact) mass is 299 g/mol. The molecule has 0 radical (unpaired) electrons. The minimum atomic E-state index is -2.90. The van der Waals surface area contributed by atoms with E-state index in [-0.39, 0.29) is 17.2 Å². The van der Waals surface area contributed by atoms with E-state index in [0.717, 1.165) is 5.56 Å². The Hall–Kier alpha value is -1.67. The number of nitro benzene ring substituents is 1. The molecule has 0 atom stereocenters. The molecule has 0 aliphatic carbocycles. The molecule has 1 aliphatic heterocycles. The van der Waals surface area contributed by atoms with Crippen LogP contribution in [0.3, 0.4) is 0 Å². The molecule has 1 heterocycles. The second-order valence-electron chi connectivity index (χ2n) is 4.79. The molecule has 7 nitrogen and oxygen atoms in total. The Balaban J connectivity index is 2.11. The van der Waals surface area contributed by atoms with Crippen molar-refractivity contribution in [1.82, 2.24) is 4.90 Å². The van der Waals surface area contributed by atoms with Crippen LogP contribution < -0.4 is 5.32 Å². The second-order valence-corrected chi connectivity index (χ2v) is 7.09. The van der Waals surface area contributed by atoms with Gasteiger partial charge in [-0.25, -0.2) is 8.42 Å². The SMILES string of the molecule is CNc1ccc(CN2CCS(=O)(=O)CC2)cc1[N+](=O)[O-]. The lowest BCUT2D eigenvalue weighted by atomic mass is 10.1. The smallest absolute Gasteiger partial charge is 0.292 e. The van der Waals surface area contributed by atoms with Crippen molar-refractivity contribution in [3.63, 3.8) is 0 Å². The Morgan fingerprint density at radius 3 is 2.55 bits per heavy atom. The Morgan fingerprint density at radius 2 is 2.00 bits per heavy atom. The lowest BCUT2D eigenvalue weighted by Gasteiger charge is -2.26. The highest BCUT2D eigenvalue weighted by molar-refractivity contribution is 7.91. The Morgan fingerprint density at radius 1 is 1.35 bits per heavy atom. The van der Waals surface area contributed by atoms with Crippen LogP contribution in [-0.4, -0.2) is 49.9 Å². The standard InChI is InChI=1S/C12H17N3O4S/c1-13-11-3-2-10(8-12(11)15(16)17)9-14-4-6-20(18,19)7-5-14/h2-3,8,13H,4-7,9H2,1H3. The van der Waals surface area contributed by atoms with Gasteiger partial charge in [0.05, 0.1) is 16.4 Å². The summed E-state index contributed by atoms with van der Waals surface area (Å²) in [6, 6.07) is 5.03. The molecule has 1 aliphatic rings. The van der Waals surface area contributed by atoms with E-state index < -0.39 is 14.8 Å². The molecule has 0 unspecified atom stereocenters. The van der Waals surface area contributed by atoms with Gasteiger partial charge in [-0.3, -0.25) is 15.0 Å². The summed E-state index contributed by atoms with van der Waals surface area (Å²) in [5.74, 6) is 0.313. The molecule has 1 aromatic rings. The minimum absolute atomic E-state index is 0.0367. The molecule has 0 amide bonds. The molecule has 1 saturated heterocycles. The van der Waals surface area contributed by atoms with Crippen LogP contribution in [-0.2, 0) is 16.4 Å². The maximum absolute atomic E-state index is 11.4. The topological polar surface area (TPSA) is 92.6 Å². The third kappa shape index (κ3) is 3.45. The highest BCUT2D eigenvalue weighted by Gasteiger charge is 2.22. The van der Waals surface area contributed by atoms with Gasteiger partial charge in [0.1, 0.15) is 5.69 Å². The summed E-state index contributed by atoms with van der Waals surface area (Å²) in [5, 5.41) is 13.8. The average Bonchev–Trinajstić information content (AvgIpc) is 2.41. The summed E-state index contributed by atoms with van der Waals surface area (Å²) in [5.41, 5.74) is 1.32. The van der Waals surface area contributed by atoms with Crippen LogP contribution in [0.25, 0.3) is 0 Å². The van der Waals surface area contributed by atoms with Gasteiger partial charge in [0.15, 0.2) is 9.84 Å². The van der Waals surface area contributed by atoms with Crippen LogP contribution in [0.5, 0.6) is 0 Å². The van der Waals surface area contributed by atoms with Crippen molar-refractivity contribution < 1.29 is 13.3 Å². The lowest BCUT2D eigenvalue weighted by Crippen LogP contribution is -2.39. The molecule has 0 spiro atoms. The van der Waals surface area contributed by atoms with Crippen molar-refractivity contribution in [2.24, 2.45) is 0 Å². The first-order valence-corrected chi connectivity index (χ1v) is 8.11. The van der Waals surface area contributed by atoms with E-state index in [1.807, 2.05) is 11.0 Å². The average molecular weight is 299 g/mol. The van der Waals surface area contributed by atoms with Gasteiger partial charge in [0.2, 0.25) is 0 Å². The van der Waals surface area contributed by atoms with Gasteiger partial charge in [-0.2, -0.15) is 0 Å². The van der Waals surface area contributed by atoms with Gasteiger partial charge in [0, 0.05) is 32.7 Å². The van der Waals surface area contributed by atoms with Crippen molar-refractivity contribution in [3.05, 3.63) is 33.9 Å². The number of hydrogen-bond donors (Lipinski definition) is 1. The number of anilines is 1. The molecular weight excluding hydrogens is 282 g/mol. The summed E-state index contributed by atoms with van der Waals surface area (Å²) in [7, 11) is -1.26. The number of benzene rings is 1. The van der Waals surface area contributed by atoms with Crippen LogP contribution in [0.4, 0.5) is 11.4 Å². The molecule has 0 aromatic heterocycles. The molecule has 0 saturated carbocycles. The van der Waals surface area contributed by atoms with Gasteiger partial charge >= 0.3 is 0 Å². The number of nitro groups is 1. The van der Waals surface area contributed by atoms with Crippen LogP contribution >= 0.6 is 0 Å².